The minimum Gasteiger partial charge on any atom is -0.455 e. The van der Waals surface area contributed by atoms with Crippen LogP contribution in [0.5, 0.6) is 0 Å². The molecule has 1 unspecified atom stereocenters. The molecule has 3 aliphatic carbocycles. The maximum atomic E-state index is 6.85. The zero-order valence-electron chi connectivity index (χ0n) is 30.7. The normalized spacial score (nSPS) is 16.4. The van der Waals surface area contributed by atoms with Crippen LogP contribution in [0.25, 0.3) is 66.6 Å². The molecule has 55 heavy (non-hydrogen) atoms. The molecule has 6 aromatic carbocycles. The van der Waals surface area contributed by atoms with E-state index < -0.39 is 0 Å². The Hall–Kier alpha value is -6.58. The highest BCUT2D eigenvalue weighted by Gasteiger charge is 2.23. The molecule has 2 aromatic heterocycles. The third-order valence-corrected chi connectivity index (χ3v) is 11.8. The van der Waals surface area contributed by atoms with Gasteiger partial charge in [-0.1, -0.05) is 115 Å². The summed E-state index contributed by atoms with van der Waals surface area (Å²) in [5.74, 6) is 0.332. The van der Waals surface area contributed by atoms with E-state index in [2.05, 4.69) is 185 Å². The van der Waals surface area contributed by atoms with Gasteiger partial charge in [-0.05, 0) is 109 Å². The summed E-state index contributed by atoms with van der Waals surface area (Å²) < 4.78 is 9.24. The first-order chi connectivity index (χ1) is 27.3. The number of aryl methyl sites for hydroxylation is 1. The quantitative estimate of drug-likeness (QED) is 0.171. The summed E-state index contributed by atoms with van der Waals surface area (Å²) in [6, 6.07) is 44.7. The Morgan fingerprint density at radius 2 is 1.33 bits per heavy atom. The molecule has 0 saturated carbocycles. The van der Waals surface area contributed by atoms with Gasteiger partial charge in [-0.25, -0.2) is 0 Å². The van der Waals surface area contributed by atoms with Crippen LogP contribution in [0.2, 0.25) is 0 Å². The van der Waals surface area contributed by atoms with Crippen molar-refractivity contribution in [3.05, 3.63) is 192 Å². The fourth-order valence-electron chi connectivity index (χ4n) is 9.20. The monoisotopic (exact) mass is 708 g/mol. The summed E-state index contributed by atoms with van der Waals surface area (Å²) in [4.78, 5) is 2.40. The number of hydrogen-bond donors (Lipinski definition) is 0. The molecule has 0 saturated heterocycles. The van der Waals surface area contributed by atoms with Gasteiger partial charge < -0.3 is 13.9 Å². The molecular weight excluding hydrogens is 669 g/mol. The van der Waals surface area contributed by atoms with Gasteiger partial charge in [-0.3, -0.25) is 0 Å². The smallest absolute Gasteiger partial charge is 0.139 e. The van der Waals surface area contributed by atoms with E-state index in [0.29, 0.717) is 5.92 Å². The Morgan fingerprint density at radius 1 is 0.600 bits per heavy atom. The van der Waals surface area contributed by atoms with E-state index in [1.165, 1.54) is 66.1 Å². The minimum atomic E-state index is 0.332. The molecule has 3 aliphatic rings. The van der Waals surface area contributed by atoms with Crippen LogP contribution in [0.15, 0.2) is 180 Å². The number of fused-ring (bicyclic) bond motifs is 8. The van der Waals surface area contributed by atoms with Crippen molar-refractivity contribution in [1.82, 2.24) is 4.57 Å². The van der Waals surface area contributed by atoms with Gasteiger partial charge in [-0.2, -0.15) is 0 Å². The van der Waals surface area contributed by atoms with Crippen molar-refractivity contribution in [1.29, 1.82) is 0 Å². The third kappa shape index (κ3) is 5.26. The SMILES string of the molecule is C1=CCC(c2cccc3c2oc2c4c(c(-c5ccc(N(C6=CCCC=C6)c6ccc(-n7c8ccccc8c8ccccc87)cc6)cc5)cc23)C=CCC4)C=C1. The number of rotatable bonds is 6. The van der Waals surface area contributed by atoms with Crippen molar-refractivity contribution < 1.29 is 4.42 Å². The van der Waals surface area contributed by atoms with Gasteiger partial charge in [-0.15, -0.1) is 0 Å². The molecule has 0 aliphatic heterocycles. The summed E-state index contributed by atoms with van der Waals surface area (Å²) in [7, 11) is 0. The predicted octanol–water partition coefficient (Wildman–Crippen LogP) is 14.3. The highest BCUT2D eigenvalue weighted by Crippen LogP contribution is 2.44. The molecular formula is C52H40N2O. The number of allylic oxidation sites excluding steroid dienone is 8. The first-order valence-electron chi connectivity index (χ1n) is 19.7. The highest BCUT2D eigenvalue weighted by atomic mass is 16.3. The molecule has 2 heterocycles. The van der Waals surface area contributed by atoms with Crippen LogP contribution in [0, 0.1) is 0 Å². The van der Waals surface area contributed by atoms with Crippen LogP contribution in [0.3, 0.4) is 0 Å². The van der Waals surface area contributed by atoms with E-state index >= 15 is 0 Å². The molecule has 0 spiro atoms. The Labute approximate surface area is 321 Å². The van der Waals surface area contributed by atoms with E-state index in [1.54, 1.807) is 0 Å². The van der Waals surface area contributed by atoms with Gasteiger partial charge in [0.15, 0.2) is 0 Å². The van der Waals surface area contributed by atoms with Crippen LogP contribution in [-0.4, -0.2) is 4.57 Å². The second-order valence-electron chi connectivity index (χ2n) is 15.0. The summed E-state index contributed by atoms with van der Waals surface area (Å²) in [6.45, 7) is 0. The largest absolute Gasteiger partial charge is 0.455 e. The number of para-hydroxylation sites is 3. The van der Waals surface area contributed by atoms with Gasteiger partial charge in [0, 0.05) is 61.3 Å². The Bertz CT molecular complexity index is 2890. The highest BCUT2D eigenvalue weighted by molar-refractivity contribution is 6.11. The second kappa shape index (κ2) is 13.1. The number of anilines is 2. The first kappa shape index (κ1) is 31.9. The second-order valence-corrected chi connectivity index (χ2v) is 15.0. The third-order valence-electron chi connectivity index (χ3n) is 11.8. The lowest BCUT2D eigenvalue weighted by atomic mass is 9.87. The van der Waals surface area contributed by atoms with Crippen molar-refractivity contribution in [3.63, 3.8) is 0 Å². The average molecular weight is 709 g/mol. The van der Waals surface area contributed by atoms with Gasteiger partial charge in [0.25, 0.3) is 0 Å². The van der Waals surface area contributed by atoms with Gasteiger partial charge in [0.1, 0.15) is 11.2 Å². The van der Waals surface area contributed by atoms with Crippen molar-refractivity contribution >= 4 is 61.2 Å². The Morgan fingerprint density at radius 3 is 2.05 bits per heavy atom. The van der Waals surface area contributed by atoms with Crippen LogP contribution >= 0.6 is 0 Å². The fraction of sp³-hybridized carbons (Fsp3) is 0.115. The Kier molecular flexibility index (Phi) is 7.58. The molecule has 0 radical (unpaired) electrons. The number of nitrogens with zero attached hydrogens (tertiary/aromatic N) is 2. The lowest BCUT2D eigenvalue weighted by molar-refractivity contribution is 0.651. The summed E-state index contributed by atoms with van der Waals surface area (Å²) in [5.41, 5.74) is 15.5. The van der Waals surface area contributed by atoms with Crippen molar-refractivity contribution in [2.24, 2.45) is 0 Å². The number of aromatic nitrogens is 1. The molecule has 0 fully saturated rings. The molecule has 0 N–H and O–H groups in total. The Balaban J connectivity index is 0.997. The number of hydrogen-bond acceptors (Lipinski definition) is 2. The van der Waals surface area contributed by atoms with Gasteiger partial charge in [0.05, 0.1) is 11.0 Å². The van der Waals surface area contributed by atoms with E-state index in [1.807, 2.05) is 0 Å². The standard InChI is InChI=1S/C52H40N2O/c1-3-14-35(15-4-1)41-22-13-23-46-48-34-47(42-18-7-8-21-45(42)52(48)55-51(41)46)36-26-28-38(29-27-36)53(37-16-5-2-6-17-37)39-30-32-40(33-31-39)54-49-24-11-9-19-43(49)44-20-10-12-25-50(44)54/h1,3-5,7,9-14,16-20,22-35H,2,6,8,15,21H2. The molecule has 3 nitrogen and oxygen atoms in total. The molecule has 264 valence electrons. The van der Waals surface area contributed by atoms with E-state index in [0.717, 1.165) is 60.3 Å². The topological polar surface area (TPSA) is 21.3 Å². The van der Waals surface area contributed by atoms with Crippen LogP contribution in [0.4, 0.5) is 11.4 Å². The lowest BCUT2D eigenvalue weighted by Crippen LogP contribution is -2.16. The number of benzene rings is 6. The van der Waals surface area contributed by atoms with Crippen LogP contribution in [-0.2, 0) is 6.42 Å². The van der Waals surface area contributed by atoms with Gasteiger partial charge >= 0.3 is 0 Å². The van der Waals surface area contributed by atoms with E-state index in [9.17, 15) is 0 Å². The predicted molar refractivity (Wildman–Crippen MR) is 232 cm³/mol. The summed E-state index contributed by atoms with van der Waals surface area (Å²) >= 11 is 0. The van der Waals surface area contributed by atoms with E-state index in [-0.39, 0.29) is 0 Å². The van der Waals surface area contributed by atoms with E-state index in [4.69, 9.17) is 4.42 Å². The van der Waals surface area contributed by atoms with Crippen molar-refractivity contribution in [2.75, 3.05) is 4.90 Å². The maximum absolute atomic E-state index is 6.85. The minimum absolute atomic E-state index is 0.332. The molecule has 11 rings (SSSR count). The molecule has 0 amide bonds. The summed E-state index contributed by atoms with van der Waals surface area (Å²) in [5, 5.41) is 4.97. The molecule has 0 bridgehead atoms. The van der Waals surface area contributed by atoms with Crippen LogP contribution < -0.4 is 4.90 Å². The number of furan rings is 1. The molecule has 1 atom stereocenters. The first-order valence-corrected chi connectivity index (χ1v) is 19.7. The van der Waals surface area contributed by atoms with Gasteiger partial charge in [0.2, 0.25) is 0 Å². The molecule has 8 aromatic rings. The van der Waals surface area contributed by atoms with Crippen LogP contribution in [0.1, 0.15) is 48.3 Å². The average Bonchev–Trinajstić information content (AvgIpc) is 3.81. The zero-order chi connectivity index (χ0) is 36.3. The maximum Gasteiger partial charge on any atom is 0.139 e. The summed E-state index contributed by atoms with van der Waals surface area (Å²) in [6.07, 6.45) is 25.5. The molecule has 3 heteroatoms. The van der Waals surface area contributed by atoms with Crippen molar-refractivity contribution in [2.45, 2.75) is 38.0 Å². The fourth-order valence-corrected chi connectivity index (χ4v) is 9.20. The van der Waals surface area contributed by atoms with Crippen molar-refractivity contribution in [3.8, 4) is 16.8 Å². The lowest BCUT2D eigenvalue weighted by Gasteiger charge is -2.28. The zero-order valence-corrected chi connectivity index (χ0v) is 30.7.